The van der Waals surface area contributed by atoms with Crippen LogP contribution in [0.2, 0.25) is 0 Å². The van der Waals surface area contributed by atoms with Gasteiger partial charge in [-0.1, -0.05) is 0 Å². The minimum absolute atomic E-state index is 0.0409. The molecule has 2 aromatic rings. The number of hydrogen-bond donors (Lipinski definition) is 1. The molecule has 0 bridgehead atoms. The van der Waals surface area contributed by atoms with Gasteiger partial charge in [0.2, 0.25) is 0 Å². The molecule has 0 fully saturated rings. The van der Waals surface area contributed by atoms with Crippen LogP contribution in [0.3, 0.4) is 0 Å². The predicted molar refractivity (Wildman–Crippen MR) is 85.3 cm³/mol. The molecule has 3 rings (SSSR count). The van der Waals surface area contributed by atoms with Crippen molar-refractivity contribution in [3.05, 3.63) is 42.5 Å². The van der Waals surface area contributed by atoms with E-state index in [1.165, 1.54) is 0 Å². The van der Waals surface area contributed by atoms with E-state index in [1.807, 2.05) is 35.9 Å². The lowest BCUT2D eigenvalue weighted by atomic mass is 10.1. The molecule has 1 aliphatic heterocycles. The van der Waals surface area contributed by atoms with E-state index in [4.69, 9.17) is 14.6 Å². The minimum Gasteiger partial charge on any atom is -0.490 e. The van der Waals surface area contributed by atoms with Crippen LogP contribution in [-0.4, -0.2) is 32.8 Å². The third-order valence-corrected chi connectivity index (χ3v) is 3.61. The van der Waals surface area contributed by atoms with Gasteiger partial charge >= 0.3 is 5.97 Å². The highest BCUT2D eigenvalue weighted by Gasteiger charge is 2.21. The number of benzene rings is 1. The summed E-state index contributed by atoms with van der Waals surface area (Å²) in [4.78, 5) is 14.8. The highest BCUT2D eigenvalue weighted by molar-refractivity contribution is 5.78. The first-order valence-electron chi connectivity index (χ1n) is 7.42. The second kappa shape index (κ2) is 6.16. The maximum atomic E-state index is 10.7. The number of carboxylic acid groups (broad SMARTS) is 1. The van der Waals surface area contributed by atoms with Gasteiger partial charge in [-0.3, -0.25) is 4.79 Å². The van der Waals surface area contributed by atoms with Gasteiger partial charge in [-0.25, -0.2) is 4.98 Å². The number of ether oxygens (including phenoxy) is 2. The summed E-state index contributed by atoms with van der Waals surface area (Å²) in [6, 6.07) is 5.49. The Kier molecular flexibility index (Phi) is 4.06. The summed E-state index contributed by atoms with van der Waals surface area (Å²) >= 11 is 0. The standard InChI is InChI=1S/C17H18N2O4/c1-11(7-17(20)21)22-14-3-4-16-13(8-14)9-15(12(2)23-16)19-6-5-18-10-19/h3-6,8-12H,7H2,1-2H3,(H,20,21). The molecule has 2 unspecified atom stereocenters. The molecular formula is C17H18N2O4. The zero-order valence-electron chi connectivity index (χ0n) is 13.0. The summed E-state index contributed by atoms with van der Waals surface area (Å²) in [5.74, 6) is 0.520. The molecule has 0 aliphatic carbocycles. The van der Waals surface area contributed by atoms with Crippen molar-refractivity contribution in [2.75, 3.05) is 0 Å². The lowest BCUT2D eigenvalue weighted by Crippen LogP contribution is -2.21. The summed E-state index contributed by atoms with van der Waals surface area (Å²) in [6.07, 6.45) is 6.81. The van der Waals surface area contributed by atoms with Crippen molar-refractivity contribution in [1.29, 1.82) is 0 Å². The average molecular weight is 314 g/mol. The minimum atomic E-state index is -0.880. The van der Waals surface area contributed by atoms with Crippen molar-refractivity contribution in [2.24, 2.45) is 0 Å². The van der Waals surface area contributed by atoms with Gasteiger partial charge in [-0.2, -0.15) is 0 Å². The number of nitrogens with zero attached hydrogens (tertiary/aromatic N) is 2. The Bertz CT molecular complexity index is 737. The Morgan fingerprint density at radius 1 is 1.52 bits per heavy atom. The van der Waals surface area contributed by atoms with Gasteiger partial charge in [0.05, 0.1) is 18.4 Å². The lowest BCUT2D eigenvalue weighted by molar-refractivity contribution is -0.138. The normalized spacial score (nSPS) is 17.7. The van der Waals surface area contributed by atoms with Gasteiger partial charge in [0.25, 0.3) is 0 Å². The molecule has 120 valence electrons. The van der Waals surface area contributed by atoms with Crippen molar-refractivity contribution in [3.8, 4) is 11.5 Å². The van der Waals surface area contributed by atoms with Crippen LogP contribution in [-0.2, 0) is 4.79 Å². The van der Waals surface area contributed by atoms with Crippen LogP contribution < -0.4 is 9.47 Å². The van der Waals surface area contributed by atoms with Crippen LogP contribution >= 0.6 is 0 Å². The van der Waals surface area contributed by atoms with Gasteiger partial charge in [0.15, 0.2) is 0 Å². The van der Waals surface area contributed by atoms with E-state index in [1.54, 1.807) is 25.5 Å². The Labute approximate surface area is 134 Å². The highest BCUT2D eigenvalue weighted by Crippen LogP contribution is 2.34. The van der Waals surface area contributed by atoms with Gasteiger partial charge in [0, 0.05) is 18.0 Å². The average Bonchev–Trinajstić information content (AvgIpc) is 3.00. The van der Waals surface area contributed by atoms with Crippen molar-refractivity contribution in [3.63, 3.8) is 0 Å². The summed E-state index contributed by atoms with van der Waals surface area (Å²) in [5, 5.41) is 8.81. The summed E-state index contributed by atoms with van der Waals surface area (Å²) in [6.45, 7) is 3.72. The molecule has 6 nitrogen and oxygen atoms in total. The molecule has 0 saturated heterocycles. The molecule has 1 aliphatic rings. The number of fused-ring (bicyclic) bond motifs is 1. The molecule has 0 spiro atoms. The highest BCUT2D eigenvalue weighted by atomic mass is 16.5. The zero-order valence-corrected chi connectivity index (χ0v) is 13.0. The molecule has 0 radical (unpaired) electrons. The van der Waals surface area contributed by atoms with Gasteiger partial charge in [-0.05, 0) is 38.1 Å². The maximum absolute atomic E-state index is 10.7. The van der Waals surface area contributed by atoms with Crippen LogP contribution in [0.15, 0.2) is 36.9 Å². The van der Waals surface area contributed by atoms with Gasteiger partial charge < -0.3 is 19.1 Å². The molecule has 1 aromatic heterocycles. The number of aliphatic carboxylic acids is 1. The van der Waals surface area contributed by atoms with E-state index < -0.39 is 12.1 Å². The fourth-order valence-corrected chi connectivity index (χ4v) is 2.56. The first kappa shape index (κ1) is 15.1. The summed E-state index contributed by atoms with van der Waals surface area (Å²) < 4.78 is 13.5. The lowest BCUT2D eigenvalue weighted by Gasteiger charge is -2.25. The van der Waals surface area contributed by atoms with Crippen LogP contribution in [0.25, 0.3) is 11.8 Å². The molecule has 1 N–H and O–H groups in total. The first-order chi connectivity index (χ1) is 11.0. The van der Waals surface area contributed by atoms with Crippen molar-refractivity contribution in [2.45, 2.75) is 32.5 Å². The van der Waals surface area contributed by atoms with Crippen molar-refractivity contribution >= 4 is 17.7 Å². The smallest absolute Gasteiger partial charge is 0.307 e. The van der Waals surface area contributed by atoms with Crippen molar-refractivity contribution in [1.82, 2.24) is 9.55 Å². The molecule has 0 saturated carbocycles. The van der Waals surface area contributed by atoms with E-state index in [-0.39, 0.29) is 12.5 Å². The Morgan fingerprint density at radius 3 is 3.04 bits per heavy atom. The fourth-order valence-electron chi connectivity index (χ4n) is 2.56. The Balaban J connectivity index is 1.86. The predicted octanol–water partition coefficient (Wildman–Crippen LogP) is 2.90. The van der Waals surface area contributed by atoms with Crippen LogP contribution in [0.1, 0.15) is 25.8 Å². The third-order valence-electron chi connectivity index (χ3n) is 3.61. The van der Waals surface area contributed by atoms with E-state index >= 15 is 0 Å². The molecular weight excluding hydrogens is 296 g/mol. The number of aromatic nitrogens is 2. The van der Waals surface area contributed by atoms with E-state index in [9.17, 15) is 4.79 Å². The number of carbonyl (C=O) groups is 1. The van der Waals surface area contributed by atoms with Gasteiger partial charge in [-0.15, -0.1) is 0 Å². The third kappa shape index (κ3) is 3.36. The number of rotatable bonds is 5. The second-order valence-corrected chi connectivity index (χ2v) is 5.53. The number of hydrogen-bond acceptors (Lipinski definition) is 4. The molecule has 0 amide bonds. The quantitative estimate of drug-likeness (QED) is 0.918. The van der Waals surface area contributed by atoms with E-state index in [2.05, 4.69) is 4.98 Å². The number of imidazole rings is 1. The maximum Gasteiger partial charge on any atom is 0.307 e. The molecule has 1 aromatic carbocycles. The Morgan fingerprint density at radius 2 is 2.35 bits per heavy atom. The molecule has 2 heterocycles. The van der Waals surface area contributed by atoms with Crippen LogP contribution in [0.4, 0.5) is 0 Å². The van der Waals surface area contributed by atoms with Gasteiger partial charge in [0.1, 0.15) is 23.7 Å². The SMILES string of the molecule is CC(CC(=O)O)Oc1ccc2c(c1)C=C(n1ccnc1)C(C)O2. The van der Waals surface area contributed by atoms with E-state index in [0.717, 1.165) is 17.0 Å². The number of carboxylic acids is 1. The zero-order chi connectivity index (χ0) is 16.4. The molecule has 23 heavy (non-hydrogen) atoms. The topological polar surface area (TPSA) is 73.6 Å². The van der Waals surface area contributed by atoms with Crippen LogP contribution in [0.5, 0.6) is 11.5 Å². The Hall–Kier alpha value is -2.76. The summed E-state index contributed by atoms with van der Waals surface area (Å²) in [7, 11) is 0. The van der Waals surface area contributed by atoms with Crippen molar-refractivity contribution < 1.29 is 19.4 Å². The van der Waals surface area contributed by atoms with E-state index in [0.29, 0.717) is 5.75 Å². The summed E-state index contributed by atoms with van der Waals surface area (Å²) in [5.41, 5.74) is 1.87. The monoisotopic (exact) mass is 314 g/mol. The molecule has 6 heteroatoms. The molecule has 2 atom stereocenters. The van der Waals surface area contributed by atoms with Crippen LogP contribution in [0, 0.1) is 0 Å². The largest absolute Gasteiger partial charge is 0.490 e. The fraction of sp³-hybridized carbons (Fsp3) is 0.294. The first-order valence-corrected chi connectivity index (χ1v) is 7.42. The second-order valence-electron chi connectivity index (χ2n) is 5.53.